The summed E-state index contributed by atoms with van der Waals surface area (Å²) in [6.07, 6.45) is 0. The standard InChI is InChI=1S/C12H13BrN2O.ClH/c1-16-12-8-3-2-4-9(13)11(8)15-6-5-14-7-10(12)15;/h2-4,14H,5-7H2,1H3;1H. The first-order valence-corrected chi connectivity index (χ1v) is 6.16. The third-order valence-electron chi connectivity index (χ3n) is 3.10. The number of halogens is 2. The Morgan fingerprint density at radius 2 is 2.24 bits per heavy atom. The second-order valence-corrected chi connectivity index (χ2v) is 4.80. The summed E-state index contributed by atoms with van der Waals surface area (Å²) in [5.74, 6) is 1.00. The van der Waals surface area contributed by atoms with E-state index in [0.29, 0.717) is 0 Å². The summed E-state index contributed by atoms with van der Waals surface area (Å²) in [6, 6.07) is 6.25. The van der Waals surface area contributed by atoms with E-state index in [4.69, 9.17) is 4.74 Å². The van der Waals surface area contributed by atoms with Gasteiger partial charge in [0.05, 0.1) is 18.3 Å². The van der Waals surface area contributed by atoms with E-state index in [-0.39, 0.29) is 12.4 Å². The summed E-state index contributed by atoms with van der Waals surface area (Å²) in [5.41, 5.74) is 2.49. The lowest BCUT2D eigenvalue weighted by atomic mass is 10.2. The predicted molar refractivity (Wildman–Crippen MR) is 75.1 cm³/mol. The summed E-state index contributed by atoms with van der Waals surface area (Å²) in [6.45, 7) is 2.89. The van der Waals surface area contributed by atoms with Crippen molar-refractivity contribution < 1.29 is 4.74 Å². The molecular formula is C12H14BrClN2O. The first-order valence-electron chi connectivity index (χ1n) is 5.37. The normalized spacial score (nSPS) is 14.2. The van der Waals surface area contributed by atoms with Crippen molar-refractivity contribution in [3.05, 3.63) is 28.4 Å². The molecule has 0 fully saturated rings. The molecule has 1 aliphatic rings. The van der Waals surface area contributed by atoms with E-state index in [1.54, 1.807) is 7.11 Å². The molecule has 1 N–H and O–H groups in total. The molecule has 1 aliphatic heterocycles. The Balaban J connectivity index is 0.00000108. The van der Waals surface area contributed by atoms with E-state index in [1.807, 2.05) is 6.07 Å². The van der Waals surface area contributed by atoms with Gasteiger partial charge in [-0.1, -0.05) is 6.07 Å². The van der Waals surface area contributed by atoms with E-state index in [1.165, 1.54) is 16.6 Å². The lowest BCUT2D eigenvalue weighted by Crippen LogP contribution is -2.27. The van der Waals surface area contributed by atoms with Crippen LogP contribution in [0.2, 0.25) is 0 Å². The maximum atomic E-state index is 5.54. The minimum absolute atomic E-state index is 0. The van der Waals surface area contributed by atoms with Crippen LogP contribution in [0, 0.1) is 0 Å². The zero-order valence-corrected chi connectivity index (χ0v) is 11.9. The van der Waals surface area contributed by atoms with Crippen LogP contribution in [0.3, 0.4) is 0 Å². The highest BCUT2D eigenvalue weighted by atomic mass is 79.9. The molecule has 17 heavy (non-hydrogen) atoms. The number of nitrogens with one attached hydrogen (secondary N) is 1. The minimum atomic E-state index is 0. The Hall–Kier alpha value is -0.710. The van der Waals surface area contributed by atoms with Gasteiger partial charge in [0.2, 0.25) is 0 Å². The molecule has 92 valence electrons. The van der Waals surface area contributed by atoms with Crippen molar-refractivity contribution in [3.63, 3.8) is 0 Å². The highest BCUT2D eigenvalue weighted by Crippen LogP contribution is 2.37. The third kappa shape index (κ3) is 1.84. The van der Waals surface area contributed by atoms with E-state index in [9.17, 15) is 0 Å². The summed E-state index contributed by atoms with van der Waals surface area (Å²) < 4.78 is 9.02. The van der Waals surface area contributed by atoms with Gasteiger partial charge in [0, 0.05) is 29.5 Å². The van der Waals surface area contributed by atoms with Gasteiger partial charge in [-0.05, 0) is 28.1 Å². The number of benzene rings is 1. The molecule has 0 radical (unpaired) electrons. The minimum Gasteiger partial charge on any atom is -0.494 e. The van der Waals surface area contributed by atoms with Crippen LogP contribution in [-0.4, -0.2) is 18.2 Å². The van der Waals surface area contributed by atoms with Crippen LogP contribution in [0.5, 0.6) is 5.75 Å². The van der Waals surface area contributed by atoms with Crippen LogP contribution in [0.1, 0.15) is 5.69 Å². The highest BCUT2D eigenvalue weighted by Gasteiger charge is 2.21. The van der Waals surface area contributed by atoms with Gasteiger partial charge < -0.3 is 14.6 Å². The van der Waals surface area contributed by atoms with Gasteiger partial charge >= 0.3 is 0 Å². The van der Waals surface area contributed by atoms with Gasteiger partial charge in [0.1, 0.15) is 5.75 Å². The van der Waals surface area contributed by atoms with Crippen LogP contribution in [0.15, 0.2) is 22.7 Å². The zero-order chi connectivity index (χ0) is 11.1. The van der Waals surface area contributed by atoms with Crippen molar-refractivity contribution in [2.45, 2.75) is 13.1 Å². The molecule has 0 unspecified atom stereocenters. The summed E-state index contributed by atoms with van der Waals surface area (Å²) >= 11 is 3.62. The van der Waals surface area contributed by atoms with Gasteiger partial charge in [-0.2, -0.15) is 0 Å². The number of hydrogen-bond acceptors (Lipinski definition) is 2. The largest absolute Gasteiger partial charge is 0.494 e. The average molecular weight is 318 g/mol. The number of hydrogen-bond donors (Lipinski definition) is 1. The maximum Gasteiger partial charge on any atom is 0.148 e. The number of ether oxygens (including phenoxy) is 1. The number of methoxy groups -OCH3 is 1. The predicted octanol–water partition coefficient (Wildman–Crippen LogP) is 2.94. The molecule has 2 heterocycles. The van der Waals surface area contributed by atoms with Crippen LogP contribution in [0.25, 0.3) is 10.9 Å². The van der Waals surface area contributed by atoms with E-state index in [2.05, 4.69) is 37.9 Å². The molecular weight excluding hydrogens is 304 g/mol. The second kappa shape index (κ2) is 4.88. The van der Waals surface area contributed by atoms with E-state index < -0.39 is 0 Å². The van der Waals surface area contributed by atoms with Crippen LogP contribution < -0.4 is 10.1 Å². The molecule has 0 spiro atoms. The molecule has 2 aromatic rings. The Labute approximate surface area is 115 Å². The number of nitrogens with zero attached hydrogens (tertiary/aromatic N) is 1. The first kappa shape index (κ1) is 12.7. The van der Waals surface area contributed by atoms with Crippen molar-refractivity contribution in [2.75, 3.05) is 13.7 Å². The molecule has 0 bridgehead atoms. The van der Waals surface area contributed by atoms with Crippen molar-refractivity contribution in [2.24, 2.45) is 0 Å². The van der Waals surface area contributed by atoms with Crippen molar-refractivity contribution >= 4 is 39.2 Å². The number of para-hydroxylation sites is 1. The Morgan fingerprint density at radius 1 is 1.41 bits per heavy atom. The molecule has 1 aromatic heterocycles. The molecule has 3 nitrogen and oxygen atoms in total. The average Bonchev–Trinajstić information content (AvgIpc) is 2.64. The molecule has 5 heteroatoms. The fourth-order valence-corrected chi connectivity index (χ4v) is 3.01. The van der Waals surface area contributed by atoms with Gasteiger partial charge in [-0.3, -0.25) is 0 Å². The lowest BCUT2D eigenvalue weighted by molar-refractivity contribution is 0.401. The molecule has 3 rings (SSSR count). The fraction of sp³-hybridized carbons (Fsp3) is 0.333. The van der Waals surface area contributed by atoms with Crippen LogP contribution >= 0.6 is 28.3 Å². The smallest absolute Gasteiger partial charge is 0.148 e. The number of fused-ring (bicyclic) bond motifs is 3. The van der Waals surface area contributed by atoms with Crippen LogP contribution in [0.4, 0.5) is 0 Å². The zero-order valence-electron chi connectivity index (χ0n) is 9.50. The molecule has 0 aliphatic carbocycles. The first-order chi connectivity index (χ1) is 7.83. The molecule has 0 amide bonds. The Bertz CT molecular complexity index is 553. The SMILES string of the molecule is COc1c2n(c3c(Br)cccc13)CCNC2.Cl. The van der Waals surface area contributed by atoms with Gasteiger partial charge in [-0.15, -0.1) is 12.4 Å². The van der Waals surface area contributed by atoms with Gasteiger partial charge in [-0.25, -0.2) is 0 Å². The third-order valence-corrected chi connectivity index (χ3v) is 3.74. The fourth-order valence-electron chi connectivity index (χ4n) is 2.43. The molecule has 1 aromatic carbocycles. The summed E-state index contributed by atoms with van der Waals surface area (Å²) in [5, 5.41) is 4.57. The Morgan fingerprint density at radius 3 is 3.00 bits per heavy atom. The van der Waals surface area contributed by atoms with E-state index >= 15 is 0 Å². The Kier molecular flexibility index (Phi) is 3.66. The number of aromatic nitrogens is 1. The molecule has 0 saturated carbocycles. The molecule has 0 saturated heterocycles. The van der Waals surface area contributed by atoms with Crippen molar-refractivity contribution in [1.82, 2.24) is 9.88 Å². The van der Waals surface area contributed by atoms with Gasteiger partial charge in [0.25, 0.3) is 0 Å². The molecule has 0 atom stereocenters. The lowest BCUT2D eigenvalue weighted by Gasteiger charge is -2.18. The van der Waals surface area contributed by atoms with Gasteiger partial charge in [0.15, 0.2) is 0 Å². The van der Waals surface area contributed by atoms with Crippen molar-refractivity contribution in [3.8, 4) is 5.75 Å². The monoisotopic (exact) mass is 316 g/mol. The summed E-state index contributed by atoms with van der Waals surface area (Å²) in [4.78, 5) is 0. The summed E-state index contributed by atoms with van der Waals surface area (Å²) in [7, 11) is 1.74. The highest BCUT2D eigenvalue weighted by molar-refractivity contribution is 9.10. The van der Waals surface area contributed by atoms with Crippen LogP contribution in [-0.2, 0) is 13.1 Å². The second-order valence-electron chi connectivity index (χ2n) is 3.94. The van der Waals surface area contributed by atoms with Crippen molar-refractivity contribution in [1.29, 1.82) is 0 Å². The van der Waals surface area contributed by atoms with E-state index in [0.717, 1.165) is 29.9 Å². The quantitative estimate of drug-likeness (QED) is 0.875. The maximum absolute atomic E-state index is 5.54. The topological polar surface area (TPSA) is 26.2 Å². The number of rotatable bonds is 1.